The van der Waals surface area contributed by atoms with Gasteiger partial charge in [-0.15, -0.1) is 0 Å². The summed E-state index contributed by atoms with van der Waals surface area (Å²) in [5.41, 5.74) is 8.05. The molecule has 5 aliphatic carbocycles. The number of allylic oxidation sites excluding steroid dienone is 4. The standard InChI is InChI=1S/C24H20/c1-2-10-18-17(9-1)21-13-5-6-14-22(18,21)24-16-8-7-15-23(21,24)19-11-3-4-12-20(19)24/h1-12H,13-16H2. The molecule has 0 saturated heterocycles. The zero-order valence-corrected chi connectivity index (χ0v) is 13.8. The first-order valence-corrected chi connectivity index (χ1v) is 9.37. The summed E-state index contributed by atoms with van der Waals surface area (Å²) in [5.74, 6) is 0. The molecule has 5 aliphatic rings. The molecule has 0 amide bonds. The van der Waals surface area contributed by atoms with E-state index in [1.54, 1.807) is 22.3 Å². The topological polar surface area (TPSA) is 0 Å². The van der Waals surface area contributed by atoms with Gasteiger partial charge in [-0.1, -0.05) is 72.8 Å². The van der Waals surface area contributed by atoms with Crippen LogP contribution >= 0.6 is 0 Å². The van der Waals surface area contributed by atoms with Crippen molar-refractivity contribution in [3.63, 3.8) is 0 Å². The van der Waals surface area contributed by atoms with Gasteiger partial charge in [0.2, 0.25) is 0 Å². The maximum absolute atomic E-state index is 2.48. The van der Waals surface area contributed by atoms with Crippen molar-refractivity contribution in [2.24, 2.45) is 0 Å². The van der Waals surface area contributed by atoms with Crippen molar-refractivity contribution in [3.05, 3.63) is 95.1 Å². The number of fused-ring (bicyclic) bond motifs is 2. The number of hydrogen-bond donors (Lipinski definition) is 0. The molecule has 0 atom stereocenters. The van der Waals surface area contributed by atoms with Gasteiger partial charge in [-0.25, -0.2) is 0 Å². The summed E-state index contributed by atoms with van der Waals surface area (Å²) in [4.78, 5) is 0. The van der Waals surface area contributed by atoms with E-state index < -0.39 is 0 Å². The van der Waals surface area contributed by atoms with Crippen LogP contribution in [0.5, 0.6) is 0 Å². The molecule has 1 fully saturated rings. The fraction of sp³-hybridized carbons (Fsp3) is 0.333. The molecular weight excluding hydrogens is 288 g/mol. The van der Waals surface area contributed by atoms with Crippen molar-refractivity contribution in [2.45, 2.75) is 47.3 Å². The second-order valence-corrected chi connectivity index (χ2v) is 8.47. The lowest BCUT2D eigenvalue weighted by Crippen LogP contribution is -2.96. The van der Waals surface area contributed by atoms with Crippen molar-refractivity contribution in [1.29, 1.82) is 0 Å². The van der Waals surface area contributed by atoms with Gasteiger partial charge in [0.1, 0.15) is 0 Å². The molecule has 1 saturated carbocycles. The first-order valence-electron chi connectivity index (χ1n) is 9.37. The highest BCUT2D eigenvalue weighted by atomic mass is 15.0. The average molecular weight is 308 g/mol. The number of rotatable bonds is 0. The lowest BCUT2D eigenvalue weighted by molar-refractivity contribution is -0.211. The summed E-state index contributed by atoms with van der Waals surface area (Å²) in [7, 11) is 0. The van der Waals surface area contributed by atoms with E-state index in [1.165, 1.54) is 25.7 Å². The molecule has 0 nitrogen and oxygen atoms in total. The van der Waals surface area contributed by atoms with E-state index >= 15 is 0 Å². The van der Waals surface area contributed by atoms with Crippen molar-refractivity contribution in [3.8, 4) is 0 Å². The summed E-state index contributed by atoms with van der Waals surface area (Å²) in [6.07, 6.45) is 14.8. The van der Waals surface area contributed by atoms with E-state index in [-0.39, 0.29) is 0 Å². The molecule has 0 aliphatic heterocycles. The summed E-state index contributed by atoms with van der Waals surface area (Å²) in [6, 6.07) is 18.8. The zero-order chi connectivity index (χ0) is 15.6. The van der Waals surface area contributed by atoms with E-state index in [0.717, 1.165) is 0 Å². The second-order valence-electron chi connectivity index (χ2n) is 8.47. The Labute approximate surface area is 142 Å². The van der Waals surface area contributed by atoms with E-state index in [9.17, 15) is 0 Å². The summed E-state index contributed by atoms with van der Waals surface area (Å²) in [5, 5.41) is 0. The minimum Gasteiger partial charge on any atom is -0.0876 e. The molecule has 2 aromatic carbocycles. The molecule has 0 heteroatoms. The average Bonchev–Trinajstić information content (AvgIpc) is 2.62. The van der Waals surface area contributed by atoms with Crippen LogP contribution in [0.1, 0.15) is 47.9 Å². The van der Waals surface area contributed by atoms with Crippen molar-refractivity contribution in [1.82, 2.24) is 0 Å². The molecular formula is C24H20. The van der Waals surface area contributed by atoms with Crippen LogP contribution in [0.25, 0.3) is 0 Å². The first kappa shape index (κ1) is 12.3. The Balaban J connectivity index is 1.67. The largest absolute Gasteiger partial charge is 0.0876 e. The van der Waals surface area contributed by atoms with Crippen LogP contribution in [0.2, 0.25) is 0 Å². The first-order chi connectivity index (χ1) is 11.9. The molecule has 0 heterocycles. The molecule has 0 N–H and O–H groups in total. The van der Waals surface area contributed by atoms with Gasteiger partial charge in [-0.2, -0.15) is 0 Å². The fourth-order valence-corrected chi connectivity index (χ4v) is 8.44. The third kappa shape index (κ3) is 0.744. The normalized spacial score (nSPS) is 44.3. The second kappa shape index (κ2) is 3.33. The Kier molecular flexibility index (Phi) is 1.71. The van der Waals surface area contributed by atoms with E-state index in [2.05, 4.69) is 72.8 Å². The monoisotopic (exact) mass is 308 g/mol. The Bertz CT molecular complexity index is 819. The Morgan fingerprint density at radius 1 is 0.417 bits per heavy atom. The van der Waals surface area contributed by atoms with E-state index in [1.807, 2.05) is 0 Å². The van der Waals surface area contributed by atoms with E-state index in [0.29, 0.717) is 21.7 Å². The van der Waals surface area contributed by atoms with Gasteiger partial charge in [0.25, 0.3) is 0 Å². The highest BCUT2D eigenvalue weighted by Crippen LogP contribution is 2.94. The highest BCUT2D eigenvalue weighted by Gasteiger charge is 2.95. The summed E-state index contributed by atoms with van der Waals surface area (Å²) < 4.78 is 0. The maximum atomic E-state index is 2.48. The van der Waals surface area contributed by atoms with Gasteiger partial charge in [0.05, 0.1) is 0 Å². The molecule has 116 valence electrons. The van der Waals surface area contributed by atoms with Gasteiger partial charge in [0.15, 0.2) is 0 Å². The van der Waals surface area contributed by atoms with Gasteiger partial charge >= 0.3 is 0 Å². The Morgan fingerprint density at radius 3 is 0.917 bits per heavy atom. The molecule has 0 bridgehead atoms. The molecule has 0 aromatic heterocycles. The SMILES string of the molecule is C1=CCC23c4ccccc4C2(C1)C12CC=CCC31c1ccccc12. The fourth-order valence-electron chi connectivity index (χ4n) is 8.44. The zero-order valence-electron chi connectivity index (χ0n) is 13.8. The summed E-state index contributed by atoms with van der Waals surface area (Å²) >= 11 is 0. The van der Waals surface area contributed by atoms with Gasteiger partial charge in [-0.3, -0.25) is 0 Å². The van der Waals surface area contributed by atoms with Crippen molar-refractivity contribution >= 4 is 0 Å². The van der Waals surface area contributed by atoms with Crippen LogP contribution in [0.4, 0.5) is 0 Å². The lowest BCUT2D eigenvalue weighted by Gasteiger charge is -2.93. The Hall–Kier alpha value is -2.08. The molecule has 24 heavy (non-hydrogen) atoms. The van der Waals surface area contributed by atoms with Gasteiger partial charge < -0.3 is 0 Å². The number of benzene rings is 2. The predicted molar refractivity (Wildman–Crippen MR) is 96.3 cm³/mol. The van der Waals surface area contributed by atoms with Crippen LogP contribution in [0.3, 0.4) is 0 Å². The maximum Gasteiger partial charge on any atom is 0.0208 e. The molecule has 2 aromatic rings. The highest BCUT2D eigenvalue weighted by molar-refractivity contribution is 5.82. The van der Waals surface area contributed by atoms with Crippen LogP contribution in [-0.4, -0.2) is 0 Å². The predicted octanol–water partition coefficient (Wildman–Crippen LogP) is 5.08. The lowest BCUT2D eigenvalue weighted by atomic mass is 9.08. The van der Waals surface area contributed by atoms with Crippen LogP contribution < -0.4 is 0 Å². The van der Waals surface area contributed by atoms with Crippen LogP contribution in [0.15, 0.2) is 72.8 Å². The van der Waals surface area contributed by atoms with Gasteiger partial charge in [-0.05, 0) is 47.9 Å². The molecule has 0 radical (unpaired) electrons. The molecule has 0 unspecified atom stereocenters. The van der Waals surface area contributed by atoms with Crippen LogP contribution in [0, 0.1) is 0 Å². The molecule has 0 spiro atoms. The minimum atomic E-state index is 0.352. The quantitative estimate of drug-likeness (QED) is 0.595. The van der Waals surface area contributed by atoms with Gasteiger partial charge in [0, 0.05) is 21.7 Å². The smallest absolute Gasteiger partial charge is 0.0208 e. The Morgan fingerprint density at radius 2 is 0.667 bits per heavy atom. The molecule has 7 rings (SSSR count). The third-order valence-electron chi connectivity index (χ3n) is 8.64. The van der Waals surface area contributed by atoms with Crippen molar-refractivity contribution in [2.75, 3.05) is 0 Å². The third-order valence-corrected chi connectivity index (χ3v) is 8.64. The minimum absolute atomic E-state index is 0.352. The van der Waals surface area contributed by atoms with Crippen LogP contribution in [-0.2, 0) is 21.7 Å². The van der Waals surface area contributed by atoms with E-state index in [4.69, 9.17) is 0 Å². The number of hydrogen-bond acceptors (Lipinski definition) is 0. The summed E-state index contributed by atoms with van der Waals surface area (Å²) in [6.45, 7) is 0. The van der Waals surface area contributed by atoms with Crippen molar-refractivity contribution < 1.29 is 0 Å².